The average Bonchev–Trinajstić information content (AvgIpc) is 3.32. The number of aromatic nitrogens is 1. The van der Waals surface area contributed by atoms with Crippen molar-refractivity contribution in [2.75, 3.05) is 12.4 Å². The fourth-order valence-corrected chi connectivity index (χ4v) is 4.94. The molecule has 0 unspecified atom stereocenters. The largest absolute Gasteiger partial charge is 0.489 e. The van der Waals surface area contributed by atoms with Crippen LogP contribution in [0.5, 0.6) is 5.75 Å². The number of anilines is 1. The van der Waals surface area contributed by atoms with Crippen molar-refractivity contribution in [3.8, 4) is 5.75 Å². The number of fused-ring (bicyclic) bond motifs is 1. The molecule has 1 aliphatic rings. The molecule has 1 aromatic carbocycles. The minimum Gasteiger partial charge on any atom is -0.489 e. The molecule has 2 heterocycles. The van der Waals surface area contributed by atoms with E-state index in [0.717, 1.165) is 41.7 Å². The van der Waals surface area contributed by atoms with Gasteiger partial charge in [0.05, 0.1) is 18.2 Å². The molecule has 0 bridgehead atoms. The summed E-state index contributed by atoms with van der Waals surface area (Å²) in [5, 5.41) is 7.29. The summed E-state index contributed by atoms with van der Waals surface area (Å²) in [6.45, 7) is 3.88. The lowest BCUT2D eigenvalue weighted by Gasteiger charge is -2.11. The third kappa shape index (κ3) is 4.34. The fourth-order valence-electron chi connectivity index (χ4n) is 3.66. The van der Waals surface area contributed by atoms with Crippen LogP contribution in [0, 0.1) is 13.8 Å². The van der Waals surface area contributed by atoms with Gasteiger partial charge in [0.25, 0.3) is 5.91 Å². The van der Waals surface area contributed by atoms with Crippen LogP contribution in [0.1, 0.15) is 61.0 Å². The normalized spacial score (nSPS) is 12.9. The molecule has 162 valence electrons. The van der Waals surface area contributed by atoms with Crippen LogP contribution in [0.4, 0.5) is 5.00 Å². The minimum absolute atomic E-state index is 0.145. The van der Waals surface area contributed by atoms with E-state index in [1.54, 1.807) is 6.92 Å². The Morgan fingerprint density at radius 2 is 1.90 bits per heavy atom. The van der Waals surface area contributed by atoms with Gasteiger partial charge in [-0.05, 0) is 57.2 Å². The number of carbonyl (C=O) groups excluding carboxylic acids is 2. The van der Waals surface area contributed by atoms with E-state index in [0.29, 0.717) is 27.6 Å². The van der Waals surface area contributed by atoms with Gasteiger partial charge >= 0.3 is 5.97 Å². The highest BCUT2D eigenvalue weighted by atomic mass is 32.1. The molecule has 1 aliphatic carbocycles. The summed E-state index contributed by atoms with van der Waals surface area (Å²) < 4.78 is 16.1. The fraction of sp³-hybridized carbons (Fsp3) is 0.348. The van der Waals surface area contributed by atoms with Gasteiger partial charge in [0.1, 0.15) is 23.1 Å². The van der Waals surface area contributed by atoms with Crippen LogP contribution in [0.2, 0.25) is 0 Å². The first kappa shape index (κ1) is 21.1. The number of carbonyl (C=O) groups is 2. The van der Waals surface area contributed by atoms with Crippen molar-refractivity contribution in [1.29, 1.82) is 0 Å². The lowest BCUT2D eigenvalue weighted by Crippen LogP contribution is -2.17. The molecular formula is C23H24N2O5S. The number of nitrogens with one attached hydrogen (secondary N) is 1. The lowest BCUT2D eigenvalue weighted by molar-refractivity contribution is 0.0601. The second-order valence-electron chi connectivity index (χ2n) is 7.53. The zero-order valence-corrected chi connectivity index (χ0v) is 18.6. The standard InChI is InChI=1S/C23H24N2O5S/c1-13-8-10-15(11-9-13)29-12-17-14(2)30-25-20(17)21(26)24-22-19(23(27)28-3)16-6-4-5-7-18(16)31-22/h8-11H,4-7,12H2,1-3H3,(H,24,26). The molecule has 0 spiro atoms. The Bertz CT molecular complexity index is 1110. The molecule has 0 radical (unpaired) electrons. The molecule has 0 atom stereocenters. The predicted octanol–water partition coefficient (Wildman–Crippen LogP) is 4.85. The molecule has 2 aromatic heterocycles. The second kappa shape index (κ2) is 8.93. The van der Waals surface area contributed by atoms with Crippen LogP contribution in [-0.4, -0.2) is 24.1 Å². The van der Waals surface area contributed by atoms with Crippen molar-refractivity contribution in [2.24, 2.45) is 0 Å². The van der Waals surface area contributed by atoms with Gasteiger partial charge in [-0.1, -0.05) is 22.9 Å². The van der Waals surface area contributed by atoms with Gasteiger partial charge < -0.3 is 19.3 Å². The number of benzene rings is 1. The molecule has 7 nitrogen and oxygen atoms in total. The maximum Gasteiger partial charge on any atom is 0.341 e. The van der Waals surface area contributed by atoms with E-state index in [4.69, 9.17) is 14.0 Å². The Balaban J connectivity index is 1.56. The van der Waals surface area contributed by atoms with Crippen LogP contribution in [0.3, 0.4) is 0 Å². The molecule has 1 amide bonds. The highest BCUT2D eigenvalue weighted by Crippen LogP contribution is 2.38. The van der Waals surface area contributed by atoms with Gasteiger partial charge in [0.15, 0.2) is 5.69 Å². The molecule has 8 heteroatoms. The maximum atomic E-state index is 13.0. The van der Waals surface area contributed by atoms with E-state index in [1.807, 2.05) is 31.2 Å². The second-order valence-corrected chi connectivity index (χ2v) is 8.63. The van der Waals surface area contributed by atoms with Crippen LogP contribution >= 0.6 is 11.3 Å². The summed E-state index contributed by atoms with van der Waals surface area (Å²) in [7, 11) is 1.35. The first-order valence-corrected chi connectivity index (χ1v) is 11.0. The highest BCUT2D eigenvalue weighted by molar-refractivity contribution is 7.17. The first-order valence-electron chi connectivity index (χ1n) is 10.2. The van der Waals surface area contributed by atoms with Crippen LogP contribution in [0.15, 0.2) is 28.8 Å². The van der Waals surface area contributed by atoms with Gasteiger partial charge in [-0.2, -0.15) is 0 Å². The quantitative estimate of drug-likeness (QED) is 0.551. The molecular weight excluding hydrogens is 416 g/mol. The van der Waals surface area contributed by atoms with Crippen LogP contribution in [0.25, 0.3) is 0 Å². The topological polar surface area (TPSA) is 90.7 Å². The minimum atomic E-state index is -0.442. The van der Waals surface area contributed by atoms with Gasteiger partial charge in [0, 0.05) is 4.88 Å². The molecule has 3 aromatic rings. The third-order valence-electron chi connectivity index (χ3n) is 5.39. The number of aryl methyl sites for hydroxylation is 3. The van der Waals surface area contributed by atoms with Gasteiger partial charge in [-0.15, -0.1) is 11.3 Å². The first-order chi connectivity index (χ1) is 15.0. The van der Waals surface area contributed by atoms with Crippen LogP contribution < -0.4 is 10.1 Å². The van der Waals surface area contributed by atoms with Crippen LogP contribution in [-0.2, 0) is 24.2 Å². The summed E-state index contributed by atoms with van der Waals surface area (Å²) >= 11 is 1.43. The number of thiophene rings is 1. The van der Waals surface area contributed by atoms with Gasteiger partial charge in [-0.25, -0.2) is 4.79 Å². The van der Waals surface area contributed by atoms with E-state index in [2.05, 4.69) is 10.5 Å². The Labute approximate surface area is 184 Å². The summed E-state index contributed by atoms with van der Waals surface area (Å²) in [6.07, 6.45) is 3.80. The maximum absolute atomic E-state index is 13.0. The van der Waals surface area contributed by atoms with Gasteiger partial charge in [-0.3, -0.25) is 4.79 Å². The predicted molar refractivity (Wildman–Crippen MR) is 117 cm³/mol. The Morgan fingerprint density at radius 1 is 1.16 bits per heavy atom. The van der Waals surface area contributed by atoms with E-state index in [-0.39, 0.29) is 12.3 Å². The molecule has 0 saturated heterocycles. The Kier molecular flexibility index (Phi) is 6.08. The van der Waals surface area contributed by atoms with Crippen molar-refractivity contribution < 1.29 is 23.6 Å². The van der Waals surface area contributed by atoms with Crippen molar-refractivity contribution in [2.45, 2.75) is 46.1 Å². The third-order valence-corrected chi connectivity index (χ3v) is 6.60. The SMILES string of the molecule is COC(=O)c1c(NC(=O)c2noc(C)c2COc2ccc(C)cc2)sc2c1CCCC2. The highest BCUT2D eigenvalue weighted by Gasteiger charge is 2.29. The van der Waals surface area contributed by atoms with E-state index in [9.17, 15) is 9.59 Å². The number of ether oxygens (including phenoxy) is 2. The monoisotopic (exact) mass is 440 g/mol. The van der Waals surface area contributed by atoms with Crippen molar-refractivity contribution >= 4 is 28.2 Å². The zero-order chi connectivity index (χ0) is 22.0. The van der Waals surface area contributed by atoms with Crippen molar-refractivity contribution in [3.05, 3.63) is 62.9 Å². The van der Waals surface area contributed by atoms with E-state index in [1.165, 1.54) is 18.4 Å². The van der Waals surface area contributed by atoms with E-state index >= 15 is 0 Å². The van der Waals surface area contributed by atoms with Gasteiger partial charge in [0.2, 0.25) is 0 Å². The summed E-state index contributed by atoms with van der Waals surface area (Å²) in [4.78, 5) is 26.6. The summed E-state index contributed by atoms with van der Waals surface area (Å²) in [5.41, 5.74) is 3.28. The lowest BCUT2D eigenvalue weighted by atomic mass is 9.95. The average molecular weight is 441 g/mol. The Hall–Kier alpha value is -3.13. The zero-order valence-electron chi connectivity index (χ0n) is 17.7. The number of nitrogens with zero attached hydrogens (tertiary/aromatic N) is 1. The number of amides is 1. The molecule has 0 saturated carbocycles. The number of esters is 1. The molecule has 0 fully saturated rings. The molecule has 4 rings (SSSR count). The summed E-state index contributed by atoms with van der Waals surface area (Å²) in [6, 6.07) is 7.65. The molecule has 31 heavy (non-hydrogen) atoms. The Morgan fingerprint density at radius 3 is 2.65 bits per heavy atom. The number of methoxy groups -OCH3 is 1. The van der Waals surface area contributed by atoms with Crippen molar-refractivity contribution in [1.82, 2.24) is 5.16 Å². The molecule has 1 N–H and O–H groups in total. The number of hydrogen-bond acceptors (Lipinski definition) is 7. The number of hydrogen-bond donors (Lipinski definition) is 1. The smallest absolute Gasteiger partial charge is 0.341 e. The van der Waals surface area contributed by atoms with E-state index < -0.39 is 11.9 Å². The molecule has 0 aliphatic heterocycles. The number of rotatable bonds is 6. The van der Waals surface area contributed by atoms with Crippen molar-refractivity contribution in [3.63, 3.8) is 0 Å². The summed E-state index contributed by atoms with van der Waals surface area (Å²) in [5.74, 6) is 0.324.